The molecule has 0 saturated carbocycles. The second-order valence-corrected chi connectivity index (χ2v) is 10.1. The minimum atomic E-state index is -0.770. The number of likely N-dealkylation sites (tertiary alicyclic amines) is 1. The molecule has 2 unspecified atom stereocenters. The highest BCUT2D eigenvalue weighted by Crippen LogP contribution is 2.26. The smallest absolute Gasteiger partial charge is 0.243 e. The van der Waals surface area contributed by atoms with Crippen molar-refractivity contribution >= 4 is 28.5 Å². The van der Waals surface area contributed by atoms with E-state index in [2.05, 4.69) is 16.0 Å². The highest BCUT2D eigenvalue weighted by Gasteiger charge is 2.39. The van der Waals surface area contributed by atoms with Gasteiger partial charge in [-0.05, 0) is 29.2 Å². The average Bonchev–Trinajstić information content (AvgIpc) is 3.32. The summed E-state index contributed by atoms with van der Waals surface area (Å²) in [5.74, 6) is -0.621. The van der Waals surface area contributed by atoms with Crippen molar-refractivity contribution in [1.29, 1.82) is 0 Å². The Hall–Kier alpha value is -2.97. The highest BCUT2D eigenvalue weighted by atomic mass is 16.3. The number of nitrogens with zero attached hydrogens (tertiary/aromatic N) is 1. The summed E-state index contributed by atoms with van der Waals surface area (Å²) in [5, 5.41) is 19.9. The molecule has 3 rings (SSSR count). The van der Waals surface area contributed by atoms with E-state index in [-0.39, 0.29) is 24.3 Å². The van der Waals surface area contributed by atoms with E-state index in [1.807, 2.05) is 63.2 Å². The normalized spacial score (nSPS) is 16.8. The molecule has 1 aliphatic rings. The molecule has 2 aromatic rings. The van der Waals surface area contributed by atoms with Crippen LogP contribution in [0.3, 0.4) is 0 Å². The zero-order valence-corrected chi connectivity index (χ0v) is 21.0. The summed E-state index contributed by atoms with van der Waals surface area (Å²) < 4.78 is 0. The van der Waals surface area contributed by atoms with E-state index in [0.717, 1.165) is 22.8 Å². The van der Waals surface area contributed by atoms with Crippen LogP contribution >= 0.6 is 0 Å². The molecule has 1 aliphatic heterocycles. The fourth-order valence-corrected chi connectivity index (χ4v) is 4.39. The minimum absolute atomic E-state index is 0.0275. The van der Waals surface area contributed by atoms with Crippen LogP contribution in [0.4, 0.5) is 0 Å². The average molecular weight is 483 g/mol. The summed E-state index contributed by atoms with van der Waals surface area (Å²) in [4.78, 5) is 40.9. The number of hydrogen-bond donors (Lipinski definition) is 4. The zero-order valence-electron chi connectivity index (χ0n) is 21.0. The molecule has 8 nitrogen and oxygen atoms in total. The molecule has 8 heteroatoms. The summed E-state index contributed by atoms with van der Waals surface area (Å²) in [6.07, 6.45) is 1.69. The van der Waals surface area contributed by atoms with Crippen LogP contribution in [-0.2, 0) is 20.8 Å². The van der Waals surface area contributed by atoms with E-state index in [4.69, 9.17) is 5.11 Å². The quantitative estimate of drug-likeness (QED) is 0.385. The van der Waals surface area contributed by atoms with Gasteiger partial charge in [0.2, 0.25) is 17.7 Å². The summed E-state index contributed by atoms with van der Waals surface area (Å²) in [5.41, 5.74) is 0.364. The van der Waals surface area contributed by atoms with Crippen LogP contribution in [0, 0.1) is 5.41 Å². The molecule has 1 heterocycles. The molecule has 0 bridgehead atoms. The lowest BCUT2D eigenvalue weighted by Gasteiger charge is -2.31. The molecule has 2 aromatic carbocycles. The van der Waals surface area contributed by atoms with E-state index in [1.54, 1.807) is 4.90 Å². The lowest BCUT2D eigenvalue weighted by Crippen LogP contribution is -2.55. The molecule has 190 valence electrons. The Bertz CT molecular complexity index is 1030. The van der Waals surface area contributed by atoms with E-state index >= 15 is 0 Å². The summed E-state index contributed by atoms with van der Waals surface area (Å²) >= 11 is 0. The first-order valence-electron chi connectivity index (χ1n) is 12.4. The number of carbonyl (C=O) groups is 3. The number of hydrogen-bond acceptors (Lipinski definition) is 5. The van der Waals surface area contributed by atoms with Crippen molar-refractivity contribution in [3.63, 3.8) is 0 Å². The monoisotopic (exact) mass is 482 g/mol. The van der Waals surface area contributed by atoms with Crippen molar-refractivity contribution in [2.45, 2.75) is 52.1 Å². The van der Waals surface area contributed by atoms with Crippen LogP contribution in [0.15, 0.2) is 42.5 Å². The van der Waals surface area contributed by atoms with Crippen LogP contribution in [-0.4, -0.2) is 72.6 Å². The van der Waals surface area contributed by atoms with Gasteiger partial charge in [0.1, 0.15) is 12.1 Å². The van der Waals surface area contributed by atoms with Crippen LogP contribution in [0.1, 0.15) is 39.2 Å². The highest BCUT2D eigenvalue weighted by molar-refractivity contribution is 5.93. The van der Waals surface area contributed by atoms with Gasteiger partial charge < -0.3 is 26.0 Å². The van der Waals surface area contributed by atoms with Crippen molar-refractivity contribution in [2.75, 3.05) is 32.8 Å². The SMILES string of the molecule is CC(C)(C)C(=O)N1CCCC1C(=O)NC(Cc1ccc2ccccc2c1)C(=O)NCCNCCO. The second-order valence-electron chi connectivity index (χ2n) is 10.1. The first kappa shape index (κ1) is 26.6. The number of nitrogens with one attached hydrogen (secondary N) is 3. The minimum Gasteiger partial charge on any atom is -0.395 e. The van der Waals surface area contributed by atoms with Gasteiger partial charge in [-0.25, -0.2) is 0 Å². The van der Waals surface area contributed by atoms with Crippen molar-refractivity contribution in [3.05, 3.63) is 48.0 Å². The Morgan fingerprint density at radius 2 is 1.80 bits per heavy atom. The third-order valence-electron chi connectivity index (χ3n) is 6.23. The van der Waals surface area contributed by atoms with Gasteiger partial charge >= 0.3 is 0 Å². The van der Waals surface area contributed by atoms with E-state index in [1.165, 1.54) is 0 Å². The van der Waals surface area contributed by atoms with Crippen molar-refractivity contribution in [1.82, 2.24) is 20.9 Å². The van der Waals surface area contributed by atoms with Gasteiger partial charge in [-0.2, -0.15) is 0 Å². The Labute approximate surface area is 207 Å². The summed E-state index contributed by atoms with van der Waals surface area (Å²) in [6.45, 7) is 7.47. The van der Waals surface area contributed by atoms with Crippen molar-refractivity contribution in [3.8, 4) is 0 Å². The number of carbonyl (C=O) groups excluding carboxylic acids is 3. The lowest BCUT2D eigenvalue weighted by atomic mass is 9.94. The fraction of sp³-hybridized carbons (Fsp3) is 0.519. The Morgan fingerprint density at radius 1 is 1.06 bits per heavy atom. The molecule has 0 aromatic heterocycles. The van der Waals surface area contributed by atoms with Gasteiger partial charge in [0, 0.05) is 38.0 Å². The molecule has 35 heavy (non-hydrogen) atoms. The predicted molar refractivity (Wildman–Crippen MR) is 137 cm³/mol. The maximum atomic E-state index is 13.3. The molecule has 4 N–H and O–H groups in total. The number of aliphatic hydroxyl groups excluding tert-OH is 1. The van der Waals surface area contributed by atoms with Gasteiger partial charge in [0.15, 0.2) is 0 Å². The van der Waals surface area contributed by atoms with Gasteiger partial charge in [0.25, 0.3) is 0 Å². The standard InChI is InChI=1S/C27H38N4O4/c1-27(2,3)26(35)31-15-6-9-23(31)25(34)30-22(24(33)29-13-12-28-14-16-32)18-19-10-11-20-7-4-5-8-21(20)17-19/h4-5,7-8,10-11,17,22-23,28,32H,6,9,12-16,18H2,1-3H3,(H,29,33)(H,30,34). The van der Waals surface area contributed by atoms with Gasteiger partial charge in [-0.1, -0.05) is 63.2 Å². The number of fused-ring (bicyclic) bond motifs is 1. The molecular weight excluding hydrogens is 444 g/mol. The largest absolute Gasteiger partial charge is 0.395 e. The maximum Gasteiger partial charge on any atom is 0.243 e. The number of benzene rings is 2. The first-order chi connectivity index (χ1) is 16.7. The first-order valence-corrected chi connectivity index (χ1v) is 12.4. The Kier molecular flexibility index (Phi) is 9.23. The molecule has 1 fully saturated rings. The zero-order chi connectivity index (χ0) is 25.4. The summed E-state index contributed by atoms with van der Waals surface area (Å²) in [7, 11) is 0. The molecule has 1 saturated heterocycles. The number of aliphatic hydroxyl groups is 1. The second kappa shape index (κ2) is 12.1. The number of rotatable bonds is 10. The Balaban J connectivity index is 1.74. The Morgan fingerprint density at radius 3 is 2.51 bits per heavy atom. The molecule has 0 radical (unpaired) electrons. The van der Waals surface area contributed by atoms with Crippen LogP contribution < -0.4 is 16.0 Å². The molecule has 0 aliphatic carbocycles. The van der Waals surface area contributed by atoms with Crippen LogP contribution in [0.2, 0.25) is 0 Å². The number of amides is 3. The van der Waals surface area contributed by atoms with Gasteiger partial charge in [-0.3, -0.25) is 14.4 Å². The van der Waals surface area contributed by atoms with Gasteiger partial charge in [-0.15, -0.1) is 0 Å². The van der Waals surface area contributed by atoms with Crippen molar-refractivity contribution < 1.29 is 19.5 Å². The van der Waals surface area contributed by atoms with Crippen LogP contribution in [0.5, 0.6) is 0 Å². The molecular formula is C27H38N4O4. The molecule has 2 atom stereocenters. The topological polar surface area (TPSA) is 111 Å². The molecule has 3 amide bonds. The van der Waals surface area contributed by atoms with E-state index < -0.39 is 17.5 Å². The van der Waals surface area contributed by atoms with E-state index in [0.29, 0.717) is 39.0 Å². The van der Waals surface area contributed by atoms with Gasteiger partial charge in [0.05, 0.1) is 6.61 Å². The molecule has 0 spiro atoms. The summed E-state index contributed by atoms with van der Waals surface area (Å²) in [6, 6.07) is 12.7. The third kappa shape index (κ3) is 7.26. The van der Waals surface area contributed by atoms with E-state index in [9.17, 15) is 14.4 Å². The maximum absolute atomic E-state index is 13.3. The third-order valence-corrected chi connectivity index (χ3v) is 6.23. The fourth-order valence-electron chi connectivity index (χ4n) is 4.39. The lowest BCUT2D eigenvalue weighted by molar-refractivity contribution is -0.145. The van der Waals surface area contributed by atoms with Crippen molar-refractivity contribution in [2.24, 2.45) is 5.41 Å². The predicted octanol–water partition coefficient (Wildman–Crippen LogP) is 1.60. The van der Waals surface area contributed by atoms with Crippen LogP contribution in [0.25, 0.3) is 10.8 Å².